The van der Waals surface area contributed by atoms with Gasteiger partial charge in [-0.15, -0.1) is 0 Å². The van der Waals surface area contributed by atoms with Gasteiger partial charge in [0.05, 0.1) is 35.9 Å². The van der Waals surface area contributed by atoms with Crippen LogP contribution in [-0.4, -0.2) is 54.6 Å². The lowest BCUT2D eigenvalue weighted by Crippen LogP contribution is -2.31. The van der Waals surface area contributed by atoms with E-state index in [4.69, 9.17) is 4.74 Å². The number of aromatic nitrogens is 4. The van der Waals surface area contributed by atoms with Crippen LogP contribution in [0.5, 0.6) is 11.5 Å². The molecule has 8 rings (SSSR count). The SMILES string of the molecule is O=C(CCc1ccccc1F)N1CCC[C@H]1c1ncc(-c2ccc(Oc3cccc(-c4cnc([C@@H]5CCCN5C(=O)CCc5ccccc5F)[nH]4)c3)cc2)[nH]1. The van der Waals surface area contributed by atoms with Crippen LogP contribution in [0.25, 0.3) is 22.5 Å². The zero-order valence-electron chi connectivity index (χ0n) is 30.4. The van der Waals surface area contributed by atoms with E-state index >= 15 is 0 Å². The van der Waals surface area contributed by atoms with E-state index in [1.807, 2.05) is 58.3 Å². The summed E-state index contributed by atoms with van der Waals surface area (Å²) in [4.78, 5) is 46.2. The number of hydrogen-bond donors (Lipinski definition) is 2. The number of nitrogens with one attached hydrogen (secondary N) is 2. The van der Waals surface area contributed by atoms with Gasteiger partial charge in [-0.25, -0.2) is 18.7 Å². The fraction of sp³-hybridized carbons (Fsp3) is 0.273. The Hall–Kier alpha value is -6.10. The van der Waals surface area contributed by atoms with Crippen LogP contribution < -0.4 is 4.74 Å². The van der Waals surface area contributed by atoms with Crippen molar-refractivity contribution in [3.8, 4) is 34.0 Å². The van der Waals surface area contributed by atoms with Gasteiger partial charge in [0.1, 0.15) is 34.8 Å². The van der Waals surface area contributed by atoms with E-state index in [9.17, 15) is 18.4 Å². The first-order valence-corrected chi connectivity index (χ1v) is 18.9. The first-order chi connectivity index (χ1) is 26.9. The van der Waals surface area contributed by atoms with Crippen LogP contribution in [0.15, 0.2) is 109 Å². The number of carbonyl (C=O) groups is 2. The second kappa shape index (κ2) is 16.1. The van der Waals surface area contributed by atoms with Crippen LogP contribution >= 0.6 is 0 Å². The summed E-state index contributed by atoms with van der Waals surface area (Å²) in [7, 11) is 0. The molecular weight excluding hydrogens is 699 g/mol. The third-order valence-corrected chi connectivity index (χ3v) is 10.6. The van der Waals surface area contributed by atoms with Crippen molar-refractivity contribution in [1.82, 2.24) is 29.7 Å². The van der Waals surface area contributed by atoms with Crippen molar-refractivity contribution in [2.75, 3.05) is 13.1 Å². The van der Waals surface area contributed by atoms with Crippen LogP contribution in [0.1, 0.15) is 73.4 Å². The molecule has 2 saturated heterocycles. The second-order valence-corrected chi connectivity index (χ2v) is 14.2. The van der Waals surface area contributed by atoms with Crippen LogP contribution in [0.3, 0.4) is 0 Å². The minimum Gasteiger partial charge on any atom is -0.457 e. The lowest BCUT2D eigenvalue weighted by atomic mass is 10.1. The van der Waals surface area contributed by atoms with E-state index in [0.29, 0.717) is 48.6 Å². The zero-order chi connectivity index (χ0) is 37.7. The number of aryl methyl sites for hydroxylation is 2. The molecule has 2 atom stereocenters. The highest BCUT2D eigenvalue weighted by atomic mass is 19.1. The summed E-state index contributed by atoms with van der Waals surface area (Å²) >= 11 is 0. The van der Waals surface area contributed by atoms with Gasteiger partial charge in [-0.1, -0.05) is 48.5 Å². The number of benzene rings is 4. The normalized spacial score (nSPS) is 16.8. The summed E-state index contributed by atoms with van der Waals surface area (Å²) in [5.41, 5.74) is 4.61. The fourth-order valence-electron chi connectivity index (χ4n) is 7.74. The summed E-state index contributed by atoms with van der Waals surface area (Å²) in [6.07, 6.45) is 8.21. The number of halogens is 2. The molecule has 9 nitrogen and oxygen atoms in total. The van der Waals surface area contributed by atoms with E-state index in [0.717, 1.165) is 59.8 Å². The van der Waals surface area contributed by atoms with E-state index < -0.39 is 0 Å². The number of likely N-dealkylation sites (tertiary alicyclic amines) is 2. The standard InChI is InChI=1S/C44H42F2N6O3/c45-35-12-3-1-8-29(35)18-22-41(53)51-24-6-14-39(51)43-47-27-37(49-43)31-16-20-33(21-17-31)55-34-11-5-10-32(26-34)38-28-48-44(50-38)40-15-7-25-52(40)42(54)23-19-30-9-2-4-13-36(30)46/h1-5,8-13,16-17,20-21,26-28,39-40H,6-7,14-15,18-19,22-25H2,(H,47,49)(H,48,50)/t39-,40-/m0/s1. The number of nitrogens with zero attached hydrogens (tertiary/aromatic N) is 4. The van der Waals surface area contributed by atoms with Gasteiger partial charge in [-0.3, -0.25) is 9.59 Å². The number of amides is 2. The van der Waals surface area contributed by atoms with E-state index in [1.54, 1.807) is 48.8 Å². The minimum atomic E-state index is -0.283. The van der Waals surface area contributed by atoms with Gasteiger partial charge in [-0.2, -0.15) is 0 Å². The molecule has 280 valence electrons. The van der Waals surface area contributed by atoms with Gasteiger partial charge in [0.15, 0.2) is 0 Å². The number of H-pyrrole nitrogens is 2. The maximum absolute atomic E-state index is 14.1. The summed E-state index contributed by atoms with van der Waals surface area (Å²) < 4.78 is 34.5. The van der Waals surface area contributed by atoms with Crippen LogP contribution in [0, 0.1) is 11.6 Å². The molecule has 4 heterocycles. The summed E-state index contributed by atoms with van der Waals surface area (Å²) in [6.45, 7) is 1.31. The lowest BCUT2D eigenvalue weighted by Gasteiger charge is -2.23. The highest BCUT2D eigenvalue weighted by Gasteiger charge is 2.33. The number of aromatic amines is 2. The average molecular weight is 741 g/mol. The third kappa shape index (κ3) is 8.06. The molecule has 4 aromatic carbocycles. The maximum atomic E-state index is 14.1. The molecule has 0 aliphatic carbocycles. The molecule has 2 fully saturated rings. The number of ether oxygens (including phenoxy) is 1. The Balaban J connectivity index is 0.878. The topological polar surface area (TPSA) is 107 Å². The van der Waals surface area contributed by atoms with Crippen molar-refractivity contribution in [1.29, 1.82) is 0 Å². The molecule has 0 spiro atoms. The Morgan fingerprint density at radius 3 is 1.71 bits per heavy atom. The van der Waals surface area contributed by atoms with Crippen molar-refractivity contribution >= 4 is 11.8 Å². The molecule has 55 heavy (non-hydrogen) atoms. The molecule has 6 aromatic rings. The van der Waals surface area contributed by atoms with Gasteiger partial charge in [0.2, 0.25) is 11.8 Å². The monoisotopic (exact) mass is 740 g/mol. The molecule has 2 aliphatic rings. The largest absolute Gasteiger partial charge is 0.457 e. The molecule has 0 unspecified atom stereocenters. The average Bonchev–Trinajstić information content (AvgIpc) is 4.04. The Bertz CT molecular complexity index is 2290. The summed E-state index contributed by atoms with van der Waals surface area (Å²) in [5.74, 6) is 2.26. The molecule has 2 aliphatic heterocycles. The molecule has 0 bridgehead atoms. The first-order valence-electron chi connectivity index (χ1n) is 18.9. The van der Waals surface area contributed by atoms with Crippen molar-refractivity contribution in [2.45, 2.75) is 63.5 Å². The Kier molecular flexibility index (Phi) is 10.5. The molecule has 2 amide bonds. The molecule has 2 N–H and O–H groups in total. The Morgan fingerprint density at radius 1 is 0.636 bits per heavy atom. The summed E-state index contributed by atoms with van der Waals surface area (Å²) in [5, 5.41) is 0. The van der Waals surface area contributed by atoms with Crippen LogP contribution in [0.2, 0.25) is 0 Å². The number of carbonyl (C=O) groups excluding carboxylic acids is 2. The van der Waals surface area contributed by atoms with Crippen LogP contribution in [0.4, 0.5) is 8.78 Å². The zero-order valence-corrected chi connectivity index (χ0v) is 30.4. The molecule has 0 radical (unpaired) electrons. The third-order valence-electron chi connectivity index (χ3n) is 10.6. The lowest BCUT2D eigenvalue weighted by molar-refractivity contribution is -0.133. The van der Waals surface area contributed by atoms with E-state index in [-0.39, 0.29) is 48.4 Å². The van der Waals surface area contributed by atoms with Gasteiger partial charge in [-0.05, 0) is 104 Å². The highest BCUT2D eigenvalue weighted by Crippen LogP contribution is 2.35. The molecule has 2 aromatic heterocycles. The predicted octanol–water partition coefficient (Wildman–Crippen LogP) is 9.13. The molecule has 0 saturated carbocycles. The minimum absolute atomic E-state index is 0.000119. The van der Waals surface area contributed by atoms with Gasteiger partial charge >= 0.3 is 0 Å². The quantitative estimate of drug-likeness (QED) is 0.130. The highest BCUT2D eigenvalue weighted by molar-refractivity contribution is 5.78. The number of hydrogen-bond acceptors (Lipinski definition) is 5. The second-order valence-electron chi connectivity index (χ2n) is 14.2. The van der Waals surface area contributed by atoms with Gasteiger partial charge in [0, 0.05) is 31.5 Å². The number of imidazole rings is 2. The van der Waals surface area contributed by atoms with E-state index in [1.165, 1.54) is 12.1 Å². The maximum Gasteiger partial charge on any atom is 0.223 e. The van der Waals surface area contributed by atoms with Crippen molar-refractivity contribution < 1.29 is 23.1 Å². The van der Waals surface area contributed by atoms with Crippen molar-refractivity contribution in [2.24, 2.45) is 0 Å². The van der Waals surface area contributed by atoms with Crippen LogP contribution in [-0.2, 0) is 22.4 Å². The summed E-state index contributed by atoms with van der Waals surface area (Å²) in [6, 6.07) is 28.4. The van der Waals surface area contributed by atoms with Crippen molar-refractivity contribution in [3.63, 3.8) is 0 Å². The van der Waals surface area contributed by atoms with E-state index in [2.05, 4.69) is 19.9 Å². The van der Waals surface area contributed by atoms with Crippen molar-refractivity contribution in [3.05, 3.63) is 144 Å². The Labute approximate surface area is 318 Å². The fourth-order valence-corrected chi connectivity index (χ4v) is 7.74. The first kappa shape index (κ1) is 35.9. The Morgan fingerprint density at radius 2 is 1.16 bits per heavy atom. The predicted molar refractivity (Wildman–Crippen MR) is 205 cm³/mol. The van der Waals surface area contributed by atoms with Gasteiger partial charge in [0.25, 0.3) is 0 Å². The van der Waals surface area contributed by atoms with Gasteiger partial charge < -0.3 is 24.5 Å². The molecular formula is C44H42F2N6O3. The smallest absolute Gasteiger partial charge is 0.223 e. The molecule has 11 heteroatoms. The number of rotatable bonds is 12.